The number of nitrogens with zero attached hydrogens (tertiary/aromatic N) is 5. The molecule has 1 N–H and O–H groups in total. The Labute approximate surface area is 192 Å². The second-order valence-corrected chi connectivity index (χ2v) is 8.71. The molecule has 2 aliphatic heterocycles. The first-order valence-electron chi connectivity index (χ1n) is 11.7. The van der Waals surface area contributed by atoms with E-state index in [-0.39, 0.29) is 24.4 Å². The molecule has 0 bridgehead atoms. The second-order valence-electron chi connectivity index (χ2n) is 8.71. The van der Waals surface area contributed by atoms with Crippen molar-refractivity contribution in [2.75, 3.05) is 32.7 Å². The number of rotatable bonds is 4. The lowest BCUT2D eigenvalue weighted by molar-refractivity contribution is -0.130. The number of fused-ring (bicyclic) bond motifs is 1. The minimum absolute atomic E-state index is 0.00127. The normalized spacial score (nSPS) is 17.3. The van der Waals surface area contributed by atoms with Crippen LogP contribution in [0.25, 0.3) is 22.4 Å². The monoisotopic (exact) mass is 448 g/mol. The number of nitrogens with one attached hydrogen (secondary N) is 1. The zero-order valence-corrected chi connectivity index (χ0v) is 18.6. The Balaban J connectivity index is 1.14. The van der Waals surface area contributed by atoms with E-state index in [2.05, 4.69) is 20.4 Å². The first kappa shape index (κ1) is 21.4. The van der Waals surface area contributed by atoms with E-state index in [4.69, 9.17) is 4.52 Å². The van der Waals surface area contributed by atoms with Gasteiger partial charge in [0.15, 0.2) is 0 Å². The maximum absolute atomic E-state index is 12.5. The van der Waals surface area contributed by atoms with Gasteiger partial charge >= 0.3 is 6.03 Å². The van der Waals surface area contributed by atoms with Crippen molar-refractivity contribution in [2.45, 2.75) is 38.0 Å². The van der Waals surface area contributed by atoms with Crippen LogP contribution >= 0.6 is 0 Å². The third-order valence-corrected chi connectivity index (χ3v) is 6.50. The number of amides is 3. The zero-order chi connectivity index (χ0) is 22.6. The molecule has 2 fully saturated rings. The highest BCUT2D eigenvalue weighted by Crippen LogP contribution is 2.28. The Hall–Kier alpha value is -3.49. The van der Waals surface area contributed by atoms with Crippen LogP contribution in [-0.2, 0) is 4.79 Å². The van der Waals surface area contributed by atoms with E-state index >= 15 is 0 Å². The van der Waals surface area contributed by atoms with Gasteiger partial charge in [0, 0.05) is 37.5 Å². The quantitative estimate of drug-likeness (QED) is 0.657. The Kier molecular flexibility index (Phi) is 6.19. The molecule has 3 aromatic rings. The fourth-order valence-electron chi connectivity index (χ4n) is 4.54. The van der Waals surface area contributed by atoms with Gasteiger partial charge in [0.2, 0.25) is 17.6 Å². The first-order chi connectivity index (χ1) is 16.2. The van der Waals surface area contributed by atoms with Crippen LogP contribution in [0.3, 0.4) is 0 Å². The molecule has 0 atom stereocenters. The van der Waals surface area contributed by atoms with E-state index in [9.17, 15) is 9.59 Å². The molecule has 0 radical (unpaired) electrons. The van der Waals surface area contributed by atoms with Crippen molar-refractivity contribution in [3.05, 3.63) is 42.3 Å². The van der Waals surface area contributed by atoms with E-state index < -0.39 is 0 Å². The molecule has 3 amide bonds. The number of pyridine rings is 1. The number of hydrogen-bond donors (Lipinski definition) is 1. The largest absolute Gasteiger partial charge is 0.341 e. The SMILES string of the molecule is O=C(CNC(=O)N1CCC(c2nc(-c3ccc4ccccc4n3)no2)CC1)N1CCCCC1. The van der Waals surface area contributed by atoms with Gasteiger partial charge in [-0.05, 0) is 44.2 Å². The van der Waals surface area contributed by atoms with Gasteiger partial charge in [0.05, 0.1) is 12.1 Å². The summed E-state index contributed by atoms with van der Waals surface area (Å²) >= 11 is 0. The third-order valence-electron chi connectivity index (χ3n) is 6.50. The van der Waals surface area contributed by atoms with Crippen molar-refractivity contribution in [3.8, 4) is 11.5 Å². The van der Waals surface area contributed by atoms with E-state index in [1.165, 1.54) is 6.42 Å². The molecule has 0 spiro atoms. The summed E-state index contributed by atoms with van der Waals surface area (Å²) in [7, 11) is 0. The molecule has 0 aliphatic carbocycles. The Morgan fingerprint density at radius 1 is 0.939 bits per heavy atom. The fraction of sp³-hybridized carbons (Fsp3) is 0.458. The molecule has 2 saturated heterocycles. The number of urea groups is 1. The summed E-state index contributed by atoms with van der Waals surface area (Å²) < 4.78 is 5.54. The van der Waals surface area contributed by atoms with Crippen molar-refractivity contribution in [1.29, 1.82) is 0 Å². The average Bonchev–Trinajstić information content (AvgIpc) is 3.38. The van der Waals surface area contributed by atoms with E-state index in [1.54, 1.807) is 4.90 Å². The number of carbonyl (C=O) groups excluding carboxylic acids is 2. The molecule has 2 aliphatic rings. The highest BCUT2D eigenvalue weighted by Gasteiger charge is 2.28. The third kappa shape index (κ3) is 4.81. The summed E-state index contributed by atoms with van der Waals surface area (Å²) in [5.74, 6) is 1.16. The number of carbonyl (C=O) groups is 2. The number of piperidine rings is 2. The van der Waals surface area contributed by atoms with Crippen LogP contribution in [0.5, 0.6) is 0 Å². The van der Waals surface area contributed by atoms with Gasteiger partial charge in [0.1, 0.15) is 5.69 Å². The van der Waals surface area contributed by atoms with Gasteiger partial charge in [-0.15, -0.1) is 0 Å². The molecular formula is C24H28N6O3. The average molecular weight is 449 g/mol. The van der Waals surface area contributed by atoms with Gasteiger partial charge in [-0.1, -0.05) is 29.4 Å². The number of benzene rings is 1. The van der Waals surface area contributed by atoms with Crippen LogP contribution in [0, 0.1) is 0 Å². The maximum atomic E-state index is 12.5. The molecule has 0 saturated carbocycles. The van der Waals surface area contributed by atoms with Gasteiger partial charge < -0.3 is 19.6 Å². The molecule has 172 valence electrons. The standard InChI is InChI=1S/C24H28N6O3/c31-21(29-12-4-1-5-13-29)16-25-24(32)30-14-10-18(11-15-30)23-27-22(28-33-23)20-9-8-17-6-2-3-7-19(17)26-20/h2-3,6-9,18H,1,4-5,10-16H2,(H,25,32). The lowest BCUT2D eigenvalue weighted by atomic mass is 9.97. The molecule has 4 heterocycles. The minimum atomic E-state index is -0.189. The molecule has 33 heavy (non-hydrogen) atoms. The lowest BCUT2D eigenvalue weighted by Crippen LogP contribution is -2.48. The molecule has 1 aromatic carbocycles. The summed E-state index contributed by atoms with van der Waals surface area (Å²) in [4.78, 5) is 37.6. The van der Waals surface area contributed by atoms with Gasteiger partial charge in [-0.3, -0.25) is 4.79 Å². The molecule has 9 heteroatoms. The highest BCUT2D eigenvalue weighted by molar-refractivity contribution is 5.84. The lowest BCUT2D eigenvalue weighted by Gasteiger charge is -2.31. The molecule has 0 unspecified atom stereocenters. The number of aromatic nitrogens is 3. The predicted molar refractivity (Wildman–Crippen MR) is 122 cm³/mol. The van der Waals surface area contributed by atoms with Crippen LogP contribution < -0.4 is 5.32 Å². The summed E-state index contributed by atoms with van der Waals surface area (Å²) in [6, 6.07) is 11.6. The van der Waals surface area contributed by atoms with Crippen molar-refractivity contribution >= 4 is 22.8 Å². The Morgan fingerprint density at radius 2 is 1.73 bits per heavy atom. The Morgan fingerprint density at radius 3 is 2.55 bits per heavy atom. The second kappa shape index (κ2) is 9.56. The summed E-state index contributed by atoms with van der Waals surface area (Å²) in [5, 5.41) is 7.98. The van der Waals surface area contributed by atoms with Crippen molar-refractivity contribution in [1.82, 2.24) is 30.2 Å². The molecule has 9 nitrogen and oxygen atoms in total. The van der Waals surface area contributed by atoms with E-state index in [1.807, 2.05) is 41.3 Å². The van der Waals surface area contributed by atoms with Crippen LogP contribution in [0.15, 0.2) is 40.9 Å². The smallest absolute Gasteiger partial charge is 0.317 e. The van der Waals surface area contributed by atoms with Gasteiger partial charge in [-0.25, -0.2) is 9.78 Å². The van der Waals surface area contributed by atoms with Crippen molar-refractivity contribution in [2.24, 2.45) is 0 Å². The Bertz CT molecular complexity index is 1130. The predicted octanol–water partition coefficient (Wildman–Crippen LogP) is 3.19. The minimum Gasteiger partial charge on any atom is -0.341 e. The first-order valence-corrected chi connectivity index (χ1v) is 11.7. The summed E-state index contributed by atoms with van der Waals surface area (Å²) in [5.41, 5.74) is 1.57. The summed E-state index contributed by atoms with van der Waals surface area (Å²) in [6.07, 6.45) is 4.73. The van der Waals surface area contributed by atoms with Crippen LogP contribution in [0.4, 0.5) is 4.79 Å². The summed E-state index contributed by atoms with van der Waals surface area (Å²) in [6.45, 7) is 2.81. The van der Waals surface area contributed by atoms with Gasteiger partial charge in [0.25, 0.3) is 0 Å². The number of para-hydroxylation sites is 1. The van der Waals surface area contributed by atoms with Crippen molar-refractivity contribution < 1.29 is 14.1 Å². The number of hydrogen-bond acceptors (Lipinski definition) is 6. The maximum Gasteiger partial charge on any atom is 0.317 e. The zero-order valence-electron chi connectivity index (χ0n) is 18.6. The topological polar surface area (TPSA) is 104 Å². The van der Waals surface area contributed by atoms with E-state index in [0.717, 1.165) is 49.7 Å². The molecule has 5 rings (SSSR count). The fourth-order valence-corrected chi connectivity index (χ4v) is 4.54. The molecular weight excluding hydrogens is 420 g/mol. The van der Waals surface area contributed by atoms with Crippen LogP contribution in [0.2, 0.25) is 0 Å². The van der Waals surface area contributed by atoms with Crippen LogP contribution in [0.1, 0.15) is 43.9 Å². The molecule has 2 aromatic heterocycles. The van der Waals surface area contributed by atoms with E-state index in [0.29, 0.717) is 30.5 Å². The van der Waals surface area contributed by atoms with Crippen molar-refractivity contribution in [3.63, 3.8) is 0 Å². The van der Waals surface area contributed by atoms with Crippen LogP contribution in [-0.4, -0.2) is 69.6 Å². The highest BCUT2D eigenvalue weighted by atomic mass is 16.5. The number of likely N-dealkylation sites (tertiary alicyclic amines) is 2. The van der Waals surface area contributed by atoms with Gasteiger partial charge in [-0.2, -0.15) is 4.98 Å².